The van der Waals surface area contributed by atoms with Crippen molar-refractivity contribution in [2.24, 2.45) is 7.05 Å². The summed E-state index contributed by atoms with van der Waals surface area (Å²) >= 11 is 0. The van der Waals surface area contributed by atoms with E-state index in [9.17, 15) is 0 Å². The van der Waals surface area contributed by atoms with Gasteiger partial charge in [0.25, 0.3) is 0 Å². The molecule has 2 heteroatoms. The van der Waals surface area contributed by atoms with E-state index in [2.05, 4.69) is 4.85 Å². The zero-order chi connectivity index (χ0) is 10.7. The van der Waals surface area contributed by atoms with Crippen LogP contribution >= 0.6 is 0 Å². The van der Waals surface area contributed by atoms with E-state index in [0.717, 1.165) is 11.3 Å². The van der Waals surface area contributed by atoms with Crippen molar-refractivity contribution in [3.8, 4) is 11.3 Å². The predicted molar refractivity (Wildman–Crippen MR) is 59.3 cm³/mol. The molecule has 0 saturated heterocycles. The first-order valence-electron chi connectivity index (χ1n) is 4.74. The molecule has 0 radical (unpaired) electrons. The Morgan fingerprint density at radius 3 is 2.73 bits per heavy atom. The Hall–Kier alpha value is -2.14. The number of hydrogen-bond donors (Lipinski definition) is 0. The minimum absolute atomic E-state index is 0.677. The van der Waals surface area contributed by atoms with Gasteiger partial charge in [-0.05, 0) is 12.1 Å². The highest BCUT2D eigenvalue weighted by Gasteiger charge is 2.07. The van der Waals surface area contributed by atoms with Crippen LogP contribution in [-0.2, 0) is 7.05 Å². The number of nitrogens with zero attached hydrogens (tertiary/aromatic N) is 2. The van der Waals surface area contributed by atoms with Crippen molar-refractivity contribution < 1.29 is 4.57 Å². The largest absolute Gasteiger partial charge is 0.238 e. The first kappa shape index (κ1) is 9.42. The van der Waals surface area contributed by atoms with Gasteiger partial charge in [0, 0.05) is 17.7 Å². The van der Waals surface area contributed by atoms with Crippen LogP contribution in [0.3, 0.4) is 0 Å². The Labute approximate surface area is 89.3 Å². The normalized spacial score (nSPS) is 9.60. The van der Waals surface area contributed by atoms with Crippen LogP contribution in [0.5, 0.6) is 0 Å². The summed E-state index contributed by atoms with van der Waals surface area (Å²) in [4.78, 5) is 3.43. The number of aryl methyl sites for hydroxylation is 1. The second-order valence-electron chi connectivity index (χ2n) is 3.36. The Balaban J connectivity index is 2.55. The molecule has 0 unspecified atom stereocenters. The van der Waals surface area contributed by atoms with Gasteiger partial charge in [0.15, 0.2) is 11.9 Å². The van der Waals surface area contributed by atoms with Crippen LogP contribution in [0.25, 0.3) is 16.1 Å². The van der Waals surface area contributed by atoms with Crippen LogP contribution in [0.15, 0.2) is 48.7 Å². The van der Waals surface area contributed by atoms with E-state index in [0.29, 0.717) is 5.69 Å². The Morgan fingerprint density at radius 2 is 2.00 bits per heavy atom. The molecule has 1 aromatic carbocycles. The van der Waals surface area contributed by atoms with Crippen molar-refractivity contribution in [1.29, 1.82) is 0 Å². The lowest BCUT2D eigenvalue weighted by atomic mass is 10.1. The van der Waals surface area contributed by atoms with Crippen LogP contribution in [0.4, 0.5) is 5.69 Å². The minimum atomic E-state index is 0.677. The Kier molecular flexibility index (Phi) is 2.47. The summed E-state index contributed by atoms with van der Waals surface area (Å²) < 4.78 is 2.04. The van der Waals surface area contributed by atoms with Gasteiger partial charge in [-0.1, -0.05) is 18.2 Å². The molecule has 1 aromatic heterocycles. The standard InChI is InChI=1S/C13H11N2/c1-14-12-7-5-6-11(10-12)13-8-3-4-9-15(13)2/h3-10H,2H3/q+1. The van der Waals surface area contributed by atoms with Gasteiger partial charge in [-0.15, -0.1) is 0 Å². The third-order valence-electron chi connectivity index (χ3n) is 2.33. The summed E-state index contributed by atoms with van der Waals surface area (Å²) in [7, 11) is 2.00. The molecule has 0 saturated carbocycles. The molecule has 0 aliphatic heterocycles. The monoisotopic (exact) mass is 195 g/mol. The predicted octanol–water partition coefficient (Wildman–Crippen LogP) is 2.73. The lowest BCUT2D eigenvalue weighted by Gasteiger charge is -1.99. The fourth-order valence-electron chi connectivity index (χ4n) is 1.56. The highest BCUT2D eigenvalue weighted by Crippen LogP contribution is 2.20. The van der Waals surface area contributed by atoms with Crippen molar-refractivity contribution in [3.05, 3.63) is 60.1 Å². The van der Waals surface area contributed by atoms with E-state index in [1.807, 2.05) is 60.3 Å². The Bertz CT molecular complexity index is 524. The molecule has 0 amide bonds. The van der Waals surface area contributed by atoms with Gasteiger partial charge < -0.3 is 0 Å². The average molecular weight is 195 g/mol. The number of aromatic nitrogens is 1. The topological polar surface area (TPSA) is 8.24 Å². The molecule has 2 aromatic rings. The molecule has 2 rings (SSSR count). The average Bonchev–Trinajstić information content (AvgIpc) is 2.30. The number of rotatable bonds is 1. The van der Waals surface area contributed by atoms with Gasteiger partial charge in [-0.25, -0.2) is 9.41 Å². The summed E-state index contributed by atoms with van der Waals surface area (Å²) in [5, 5.41) is 0. The third kappa shape index (κ3) is 1.87. The van der Waals surface area contributed by atoms with Gasteiger partial charge in [0.1, 0.15) is 7.05 Å². The summed E-state index contributed by atoms with van der Waals surface area (Å²) in [6.45, 7) is 6.97. The molecule has 0 N–H and O–H groups in total. The number of hydrogen-bond acceptors (Lipinski definition) is 0. The second kappa shape index (κ2) is 3.93. The summed E-state index contributed by atoms with van der Waals surface area (Å²) in [6, 6.07) is 13.7. The molecule has 0 aliphatic rings. The molecule has 15 heavy (non-hydrogen) atoms. The molecule has 1 heterocycles. The second-order valence-corrected chi connectivity index (χ2v) is 3.36. The molecule has 0 atom stereocenters. The van der Waals surface area contributed by atoms with E-state index < -0.39 is 0 Å². The Morgan fingerprint density at radius 1 is 1.13 bits per heavy atom. The lowest BCUT2D eigenvalue weighted by molar-refractivity contribution is -0.660. The van der Waals surface area contributed by atoms with Crippen molar-refractivity contribution in [2.75, 3.05) is 0 Å². The van der Waals surface area contributed by atoms with Gasteiger partial charge in [-0.2, -0.15) is 0 Å². The first-order chi connectivity index (χ1) is 7.31. The van der Waals surface area contributed by atoms with E-state index in [-0.39, 0.29) is 0 Å². The van der Waals surface area contributed by atoms with Gasteiger partial charge in [0.2, 0.25) is 5.69 Å². The molecule has 72 valence electrons. The maximum Gasteiger partial charge on any atom is 0.210 e. The maximum absolute atomic E-state index is 6.97. The molecule has 0 spiro atoms. The van der Waals surface area contributed by atoms with E-state index >= 15 is 0 Å². The molecule has 2 nitrogen and oxygen atoms in total. The minimum Gasteiger partial charge on any atom is -0.238 e. The lowest BCUT2D eigenvalue weighted by Crippen LogP contribution is -2.29. The highest BCUT2D eigenvalue weighted by molar-refractivity contribution is 5.63. The maximum atomic E-state index is 6.97. The van der Waals surface area contributed by atoms with Crippen LogP contribution < -0.4 is 4.57 Å². The van der Waals surface area contributed by atoms with E-state index in [1.165, 1.54) is 0 Å². The fourth-order valence-corrected chi connectivity index (χ4v) is 1.56. The molecule has 0 fully saturated rings. The summed E-state index contributed by atoms with van der Waals surface area (Å²) in [6.07, 6.45) is 2.00. The van der Waals surface area contributed by atoms with Crippen LogP contribution in [0, 0.1) is 6.57 Å². The molecule has 0 bridgehead atoms. The summed E-state index contributed by atoms with van der Waals surface area (Å²) in [5.74, 6) is 0. The van der Waals surface area contributed by atoms with Crippen LogP contribution in [0.1, 0.15) is 0 Å². The molecular weight excluding hydrogens is 184 g/mol. The van der Waals surface area contributed by atoms with Crippen LogP contribution in [-0.4, -0.2) is 0 Å². The van der Waals surface area contributed by atoms with Crippen LogP contribution in [0.2, 0.25) is 0 Å². The summed E-state index contributed by atoms with van der Waals surface area (Å²) in [5.41, 5.74) is 2.87. The highest BCUT2D eigenvalue weighted by atomic mass is 14.9. The zero-order valence-corrected chi connectivity index (χ0v) is 8.51. The van der Waals surface area contributed by atoms with Gasteiger partial charge in [-0.3, -0.25) is 0 Å². The van der Waals surface area contributed by atoms with Gasteiger partial charge >= 0.3 is 0 Å². The SMILES string of the molecule is [C-]#[N+]c1cccc(-c2cccc[n+]2C)c1. The van der Waals surface area contributed by atoms with Gasteiger partial charge in [0.05, 0.1) is 6.57 Å². The van der Waals surface area contributed by atoms with E-state index in [4.69, 9.17) is 6.57 Å². The van der Waals surface area contributed by atoms with Crippen molar-refractivity contribution in [2.45, 2.75) is 0 Å². The van der Waals surface area contributed by atoms with Crippen molar-refractivity contribution in [1.82, 2.24) is 0 Å². The quantitative estimate of drug-likeness (QED) is 0.488. The van der Waals surface area contributed by atoms with E-state index in [1.54, 1.807) is 0 Å². The third-order valence-corrected chi connectivity index (χ3v) is 2.33. The molecule has 0 aliphatic carbocycles. The smallest absolute Gasteiger partial charge is 0.210 e. The van der Waals surface area contributed by atoms with Crippen molar-refractivity contribution in [3.63, 3.8) is 0 Å². The fraction of sp³-hybridized carbons (Fsp3) is 0.0769. The number of benzene rings is 1. The molecular formula is C13H11N2+. The first-order valence-corrected chi connectivity index (χ1v) is 4.74. The van der Waals surface area contributed by atoms with Crippen molar-refractivity contribution >= 4 is 5.69 Å². The zero-order valence-electron chi connectivity index (χ0n) is 8.51. The number of pyridine rings is 1.